The number of anilines is 1. The van der Waals surface area contributed by atoms with Gasteiger partial charge in [0.1, 0.15) is 11.7 Å². The quantitative estimate of drug-likeness (QED) is 0.486. The summed E-state index contributed by atoms with van der Waals surface area (Å²) in [4.78, 5) is 22.2. The molecule has 7 nitrogen and oxygen atoms in total. The van der Waals surface area contributed by atoms with Crippen molar-refractivity contribution in [1.82, 2.24) is 0 Å². The van der Waals surface area contributed by atoms with Crippen LogP contribution in [0.4, 0.5) is 20.2 Å². The van der Waals surface area contributed by atoms with Gasteiger partial charge in [-0.2, -0.15) is 0 Å². The Morgan fingerprint density at radius 3 is 2.70 bits per heavy atom. The minimum atomic E-state index is -0.968. The van der Waals surface area contributed by atoms with Gasteiger partial charge >= 0.3 is 5.97 Å². The van der Waals surface area contributed by atoms with E-state index in [1.54, 1.807) is 0 Å². The maximum atomic E-state index is 13.5. The minimum Gasteiger partial charge on any atom is -0.465 e. The number of nitrogens with one attached hydrogen (secondary N) is 1. The predicted molar refractivity (Wildman–Crippen MR) is 91.5 cm³/mol. The summed E-state index contributed by atoms with van der Waals surface area (Å²) >= 11 is 0. The smallest absolute Gasteiger partial charge is 0.344 e. The average molecular weight is 378 g/mol. The molecular formula is C18H16F2N2O5. The SMILES string of the molecule is COC(=O)c1cc(NC2CCOC2c2ccc(F)c(F)c2)ccc1[N+](=O)[O-]. The van der Waals surface area contributed by atoms with Crippen LogP contribution in [0.25, 0.3) is 0 Å². The maximum Gasteiger partial charge on any atom is 0.344 e. The number of hydrogen-bond acceptors (Lipinski definition) is 6. The normalized spacial score (nSPS) is 18.9. The molecule has 1 aliphatic heterocycles. The highest BCUT2D eigenvalue weighted by Gasteiger charge is 2.31. The number of nitro groups is 1. The second kappa shape index (κ2) is 7.67. The van der Waals surface area contributed by atoms with Crippen molar-refractivity contribution in [1.29, 1.82) is 0 Å². The van der Waals surface area contributed by atoms with Crippen LogP contribution in [0.2, 0.25) is 0 Å². The first-order chi connectivity index (χ1) is 12.9. The number of esters is 1. The second-order valence-corrected chi connectivity index (χ2v) is 5.99. The number of hydrogen-bond donors (Lipinski definition) is 1. The zero-order valence-electron chi connectivity index (χ0n) is 14.3. The first-order valence-corrected chi connectivity index (χ1v) is 8.10. The fraction of sp³-hybridized carbons (Fsp3) is 0.278. The third kappa shape index (κ3) is 3.87. The van der Waals surface area contributed by atoms with E-state index in [9.17, 15) is 23.7 Å². The summed E-state index contributed by atoms with van der Waals surface area (Å²) in [5.74, 6) is -2.74. The molecule has 142 valence electrons. The van der Waals surface area contributed by atoms with Crippen molar-refractivity contribution in [3.63, 3.8) is 0 Å². The monoisotopic (exact) mass is 378 g/mol. The van der Waals surface area contributed by atoms with Gasteiger partial charge < -0.3 is 14.8 Å². The van der Waals surface area contributed by atoms with Crippen LogP contribution < -0.4 is 5.32 Å². The largest absolute Gasteiger partial charge is 0.465 e. The number of nitrogens with zero attached hydrogens (tertiary/aromatic N) is 1. The number of carbonyl (C=O) groups excluding carboxylic acids is 1. The Morgan fingerprint density at radius 1 is 1.26 bits per heavy atom. The molecule has 3 rings (SSSR count). The summed E-state index contributed by atoms with van der Waals surface area (Å²) in [5.41, 5.74) is 0.367. The molecular weight excluding hydrogens is 362 g/mol. The molecule has 27 heavy (non-hydrogen) atoms. The summed E-state index contributed by atoms with van der Waals surface area (Å²) in [6.45, 7) is 0.401. The molecule has 1 N–H and O–H groups in total. The van der Waals surface area contributed by atoms with E-state index in [-0.39, 0.29) is 17.3 Å². The van der Waals surface area contributed by atoms with Gasteiger partial charge in [0.05, 0.1) is 18.1 Å². The lowest BCUT2D eigenvalue weighted by molar-refractivity contribution is -0.385. The molecule has 1 aliphatic rings. The Labute approximate surface area is 153 Å². The molecule has 2 aromatic carbocycles. The molecule has 0 aliphatic carbocycles. The third-order valence-electron chi connectivity index (χ3n) is 4.31. The summed E-state index contributed by atoms with van der Waals surface area (Å²) in [5, 5.41) is 14.2. The minimum absolute atomic E-state index is 0.184. The highest BCUT2D eigenvalue weighted by atomic mass is 19.2. The molecule has 9 heteroatoms. The van der Waals surface area contributed by atoms with Gasteiger partial charge in [0.15, 0.2) is 11.6 Å². The number of halogens is 2. The van der Waals surface area contributed by atoms with Crippen LogP contribution in [0.15, 0.2) is 36.4 Å². The fourth-order valence-electron chi connectivity index (χ4n) is 3.03. The highest BCUT2D eigenvalue weighted by Crippen LogP contribution is 2.33. The van der Waals surface area contributed by atoms with E-state index in [4.69, 9.17) is 4.74 Å². The molecule has 2 aromatic rings. The Bertz CT molecular complexity index is 890. The Hall–Kier alpha value is -3.07. The van der Waals surface area contributed by atoms with Crippen molar-refractivity contribution in [3.8, 4) is 0 Å². The number of ether oxygens (including phenoxy) is 2. The van der Waals surface area contributed by atoms with E-state index in [0.717, 1.165) is 19.2 Å². The molecule has 1 saturated heterocycles. The molecule has 1 fully saturated rings. The van der Waals surface area contributed by atoms with Gasteiger partial charge in [0, 0.05) is 18.4 Å². The van der Waals surface area contributed by atoms with Crippen LogP contribution in [0.3, 0.4) is 0 Å². The average Bonchev–Trinajstić information content (AvgIpc) is 3.11. The van der Waals surface area contributed by atoms with Gasteiger partial charge in [-0.05, 0) is 36.2 Å². The molecule has 2 atom stereocenters. The van der Waals surface area contributed by atoms with Crippen molar-refractivity contribution in [2.24, 2.45) is 0 Å². The van der Waals surface area contributed by atoms with Crippen LogP contribution in [-0.2, 0) is 9.47 Å². The number of methoxy groups -OCH3 is 1. The van der Waals surface area contributed by atoms with Crippen molar-refractivity contribution in [3.05, 3.63) is 69.3 Å². The lowest BCUT2D eigenvalue weighted by Gasteiger charge is -2.21. The Morgan fingerprint density at radius 2 is 2.04 bits per heavy atom. The molecule has 0 spiro atoms. The van der Waals surface area contributed by atoms with Gasteiger partial charge in [-0.15, -0.1) is 0 Å². The maximum absolute atomic E-state index is 13.5. The van der Waals surface area contributed by atoms with Gasteiger partial charge in [0.25, 0.3) is 5.69 Å². The van der Waals surface area contributed by atoms with Crippen LogP contribution in [0.1, 0.15) is 28.4 Å². The number of benzene rings is 2. The van der Waals surface area contributed by atoms with Gasteiger partial charge in [0.2, 0.25) is 0 Å². The molecule has 0 aromatic heterocycles. The topological polar surface area (TPSA) is 90.7 Å². The first-order valence-electron chi connectivity index (χ1n) is 8.10. The van der Waals surface area contributed by atoms with Crippen LogP contribution in [0.5, 0.6) is 0 Å². The lowest BCUT2D eigenvalue weighted by Crippen LogP contribution is -2.23. The standard InChI is InChI=1S/C18H16F2N2O5/c1-26-18(23)12-9-11(3-5-16(12)22(24)25)21-15-6-7-27-17(15)10-2-4-13(19)14(20)8-10/h2-5,8-9,15,17,21H,6-7H2,1H3. The molecule has 0 bridgehead atoms. The van der Waals surface area contributed by atoms with Crippen LogP contribution in [-0.4, -0.2) is 30.7 Å². The molecule has 0 amide bonds. The molecule has 1 heterocycles. The first kappa shape index (κ1) is 18.7. The van der Waals surface area contributed by atoms with Crippen molar-refractivity contribution in [2.75, 3.05) is 19.0 Å². The van der Waals surface area contributed by atoms with E-state index < -0.39 is 28.6 Å². The van der Waals surface area contributed by atoms with Crippen LogP contribution >= 0.6 is 0 Å². The summed E-state index contributed by atoms with van der Waals surface area (Å²) in [6, 6.07) is 7.26. The van der Waals surface area contributed by atoms with Crippen molar-refractivity contribution in [2.45, 2.75) is 18.6 Å². The van der Waals surface area contributed by atoms with E-state index in [1.807, 2.05) is 0 Å². The number of nitro benzene ring substituents is 1. The zero-order chi connectivity index (χ0) is 19.6. The second-order valence-electron chi connectivity index (χ2n) is 5.99. The van der Waals surface area contributed by atoms with Gasteiger partial charge in [-0.25, -0.2) is 13.6 Å². The number of carbonyl (C=O) groups is 1. The van der Waals surface area contributed by atoms with E-state index in [0.29, 0.717) is 24.3 Å². The molecule has 2 unspecified atom stereocenters. The van der Waals surface area contributed by atoms with Gasteiger partial charge in [-0.1, -0.05) is 6.07 Å². The fourth-order valence-corrected chi connectivity index (χ4v) is 3.03. The summed E-state index contributed by atoms with van der Waals surface area (Å²) < 4.78 is 36.9. The summed E-state index contributed by atoms with van der Waals surface area (Å²) in [7, 11) is 1.14. The van der Waals surface area contributed by atoms with E-state index in [1.165, 1.54) is 24.3 Å². The van der Waals surface area contributed by atoms with Crippen molar-refractivity contribution < 1.29 is 28.0 Å². The van der Waals surface area contributed by atoms with E-state index >= 15 is 0 Å². The third-order valence-corrected chi connectivity index (χ3v) is 4.31. The Kier molecular flexibility index (Phi) is 5.31. The lowest BCUT2D eigenvalue weighted by atomic mass is 10.0. The predicted octanol–water partition coefficient (Wildman–Crippen LogP) is 3.60. The van der Waals surface area contributed by atoms with Gasteiger partial charge in [-0.3, -0.25) is 10.1 Å². The van der Waals surface area contributed by atoms with Crippen LogP contribution in [0, 0.1) is 21.7 Å². The number of rotatable bonds is 5. The Balaban J connectivity index is 1.86. The highest BCUT2D eigenvalue weighted by molar-refractivity contribution is 5.95. The molecule has 0 radical (unpaired) electrons. The summed E-state index contributed by atoms with van der Waals surface area (Å²) in [6.07, 6.45) is 0.0469. The zero-order valence-corrected chi connectivity index (χ0v) is 14.3. The van der Waals surface area contributed by atoms with E-state index in [2.05, 4.69) is 10.1 Å². The van der Waals surface area contributed by atoms with Crippen molar-refractivity contribution >= 4 is 17.3 Å². The molecule has 0 saturated carbocycles.